The Bertz CT molecular complexity index is 1830. The number of carbonyl (C=O) groups is 1. The Labute approximate surface area is 280 Å². The molecule has 2 aromatic heterocycles. The van der Waals surface area contributed by atoms with Gasteiger partial charge in [-0.3, -0.25) is 19.4 Å². The summed E-state index contributed by atoms with van der Waals surface area (Å²) in [7, 11) is 26.9. The van der Waals surface area contributed by atoms with Gasteiger partial charge in [-0.25, -0.2) is 4.39 Å². The number of hydrogen-bond acceptors (Lipinski definition) is 6. The van der Waals surface area contributed by atoms with Gasteiger partial charge in [0.05, 0.1) is 50.3 Å². The molecule has 2 atom stereocenters. The van der Waals surface area contributed by atoms with Crippen LogP contribution < -0.4 is 0 Å². The summed E-state index contributed by atoms with van der Waals surface area (Å²) in [4.78, 5) is 20.1. The lowest BCUT2D eigenvalue weighted by Gasteiger charge is -2.51. The van der Waals surface area contributed by atoms with Gasteiger partial charge in [0.25, 0.3) is 5.91 Å². The number of aromatic nitrogens is 3. The van der Waals surface area contributed by atoms with Gasteiger partial charge in [0.15, 0.2) is 5.72 Å². The number of benzene rings is 2. The van der Waals surface area contributed by atoms with E-state index in [1.165, 1.54) is 47.1 Å². The van der Waals surface area contributed by atoms with Crippen LogP contribution >= 0.6 is 23.2 Å². The molecule has 8 nitrogen and oxygen atoms in total. The highest BCUT2D eigenvalue weighted by molar-refractivity contribution is 6.45. The van der Waals surface area contributed by atoms with Crippen molar-refractivity contribution < 1.29 is 24.1 Å². The lowest BCUT2D eigenvalue weighted by atomic mass is 9.43. The Hall–Kier alpha value is -3.08. The van der Waals surface area contributed by atoms with E-state index in [-0.39, 0.29) is 41.6 Å². The van der Waals surface area contributed by atoms with Gasteiger partial charge in [-0.2, -0.15) is 5.10 Å². The maximum atomic E-state index is 16.9. The first-order valence-corrected chi connectivity index (χ1v) is 15.0. The van der Waals surface area contributed by atoms with Crippen LogP contribution in [0.1, 0.15) is 58.1 Å². The Kier molecular flexibility index (Phi) is 7.85. The highest BCUT2D eigenvalue weighted by Crippen LogP contribution is 2.61. The molecule has 1 fully saturated rings. The number of rotatable bonds is 9. The first-order chi connectivity index (χ1) is 21.4. The zero-order valence-electron chi connectivity index (χ0n) is 24.9. The van der Waals surface area contributed by atoms with E-state index in [0.29, 0.717) is 21.3 Å². The minimum atomic E-state index is -2.39. The van der Waals surface area contributed by atoms with Gasteiger partial charge < -0.3 is 14.9 Å². The van der Waals surface area contributed by atoms with Gasteiger partial charge in [-0.15, -0.1) is 0 Å². The fourth-order valence-corrected chi connectivity index (χ4v) is 6.46. The number of carbonyl (C=O) groups excluding carboxylic acids is 1. The van der Waals surface area contributed by atoms with Crippen LogP contribution in [-0.2, 0) is 29.7 Å². The van der Waals surface area contributed by atoms with E-state index in [4.69, 9.17) is 59.3 Å². The third-order valence-corrected chi connectivity index (χ3v) is 9.51. The first-order valence-electron chi connectivity index (χ1n) is 14.3. The van der Waals surface area contributed by atoms with Gasteiger partial charge in [-0.05, 0) is 72.5 Å². The van der Waals surface area contributed by atoms with Gasteiger partial charge in [0, 0.05) is 41.0 Å². The van der Waals surface area contributed by atoms with Crippen LogP contribution in [0, 0.1) is 11.2 Å². The Morgan fingerprint density at radius 2 is 1.65 bits per heavy atom. The number of aliphatic hydroxyl groups is 2. The molecule has 2 aromatic carbocycles. The summed E-state index contributed by atoms with van der Waals surface area (Å²) in [6.07, 6.45) is 4.78. The van der Waals surface area contributed by atoms with Gasteiger partial charge in [0.1, 0.15) is 27.1 Å². The van der Waals surface area contributed by atoms with Crippen molar-refractivity contribution in [1.29, 1.82) is 0 Å². The number of nitrogens with zero attached hydrogens (tertiary/aromatic N) is 4. The summed E-state index contributed by atoms with van der Waals surface area (Å²) in [6.45, 7) is 1.23. The molecule has 46 heavy (non-hydrogen) atoms. The van der Waals surface area contributed by atoms with E-state index in [9.17, 15) is 15.0 Å². The molecule has 6 rings (SSSR count). The normalized spacial score (nSPS) is 20.4. The van der Waals surface area contributed by atoms with Crippen molar-refractivity contribution in [2.45, 2.75) is 48.4 Å². The molecule has 1 amide bonds. The topological polar surface area (TPSA) is 101 Å². The van der Waals surface area contributed by atoms with Gasteiger partial charge in [-0.1, -0.05) is 35.3 Å². The molecule has 4 aromatic rings. The molecule has 0 saturated heterocycles. The summed E-state index contributed by atoms with van der Waals surface area (Å²) in [5.74, 6) is -1.61. The predicted octanol–water partition coefficient (Wildman–Crippen LogP) is 3.14. The van der Waals surface area contributed by atoms with Crippen molar-refractivity contribution in [3.63, 3.8) is 0 Å². The molecule has 2 N–H and O–H groups in total. The number of pyridine rings is 1. The van der Waals surface area contributed by atoms with Gasteiger partial charge >= 0.3 is 0 Å². The fraction of sp³-hybridized carbons (Fsp3) is 0.323. The van der Waals surface area contributed by atoms with E-state index in [1.807, 2.05) is 0 Å². The van der Waals surface area contributed by atoms with E-state index in [2.05, 4.69) is 10.1 Å². The lowest BCUT2D eigenvalue weighted by molar-refractivity contribution is -0.169. The van der Waals surface area contributed by atoms with E-state index < -0.39 is 39.3 Å². The van der Waals surface area contributed by atoms with Crippen LogP contribution in [0.5, 0.6) is 0 Å². The minimum absolute atomic E-state index is 0.0743. The predicted molar refractivity (Wildman–Crippen MR) is 173 cm³/mol. The molecule has 8 radical (unpaired) electrons. The summed E-state index contributed by atoms with van der Waals surface area (Å²) in [6, 6.07) is 11.8. The highest BCUT2D eigenvalue weighted by Gasteiger charge is 2.65. The molecule has 0 bridgehead atoms. The monoisotopic (exact) mass is 650 g/mol. The molecule has 15 heteroatoms. The average Bonchev–Trinajstić information content (AvgIpc) is 3.67. The van der Waals surface area contributed by atoms with Crippen molar-refractivity contribution in [2.24, 2.45) is 12.5 Å². The van der Waals surface area contributed by atoms with Crippen molar-refractivity contribution in [3.05, 3.63) is 116 Å². The number of aryl methyl sites for hydroxylation is 1. The second kappa shape index (κ2) is 11.0. The van der Waals surface area contributed by atoms with Crippen LogP contribution in [0.3, 0.4) is 0 Å². The Balaban J connectivity index is 1.62. The Morgan fingerprint density at radius 1 is 1.00 bits per heavy atom. The van der Waals surface area contributed by atoms with E-state index in [1.54, 1.807) is 37.5 Å². The van der Waals surface area contributed by atoms with E-state index >= 15 is 4.39 Å². The fourth-order valence-electron chi connectivity index (χ4n) is 6.22. The van der Waals surface area contributed by atoms with E-state index in [0.717, 1.165) is 6.07 Å². The number of ether oxygens (including phenoxy) is 1. The second-order valence-electron chi connectivity index (χ2n) is 12.2. The maximum Gasteiger partial charge on any atom is 0.257 e. The molecule has 3 heterocycles. The van der Waals surface area contributed by atoms with Crippen molar-refractivity contribution in [1.82, 2.24) is 19.7 Å². The largest absolute Gasteiger partial charge is 0.409 e. The summed E-state index contributed by atoms with van der Waals surface area (Å²) in [5, 5.41) is 22.5. The van der Waals surface area contributed by atoms with Gasteiger partial charge in [0.2, 0.25) is 0 Å². The van der Waals surface area contributed by atoms with Crippen LogP contribution in [-0.4, -0.2) is 78.0 Å². The van der Waals surface area contributed by atoms with Crippen molar-refractivity contribution >= 4 is 60.5 Å². The van der Waals surface area contributed by atoms with Crippen LogP contribution in [0.4, 0.5) is 4.39 Å². The number of amides is 1. The molecule has 1 unspecified atom stereocenters. The summed E-state index contributed by atoms with van der Waals surface area (Å²) < 4.78 is 25.0. The molecule has 1 aliphatic carbocycles. The van der Waals surface area contributed by atoms with Crippen molar-refractivity contribution in [2.75, 3.05) is 0 Å². The molecular formula is C31H25B4Cl2FN4O4. The lowest BCUT2D eigenvalue weighted by Crippen LogP contribution is -2.62. The Morgan fingerprint density at radius 3 is 2.20 bits per heavy atom. The molecular weight excluding hydrogens is 626 g/mol. The number of halogens is 3. The zero-order chi connectivity index (χ0) is 33.4. The first kappa shape index (κ1) is 32.8. The number of fused-ring (bicyclic) bond motifs is 1. The minimum Gasteiger partial charge on any atom is -0.409 e. The molecule has 226 valence electrons. The summed E-state index contributed by atoms with van der Waals surface area (Å²) in [5.41, 5.74) is -4.86. The maximum absolute atomic E-state index is 16.9. The SMILES string of the molecule is [B]C([B])(O)C1(C([B])([B])O[C@]2(c3ccc(Cl)cc3)c3c(F)cc(C(C)(O)c4cnn(C)c4)cc3C(=O)N2Cc2ccc(Cl)cn2)CC1. The molecule has 0 spiro atoms. The quantitative estimate of drug-likeness (QED) is 0.270. The highest BCUT2D eigenvalue weighted by atomic mass is 35.5. The molecule has 1 saturated carbocycles. The van der Waals surface area contributed by atoms with Crippen LogP contribution in [0.2, 0.25) is 10.0 Å². The third-order valence-electron chi connectivity index (χ3n) is 9.04. The summed E-state index contributed by atoms with van der Waals surface area (Å²) >= 11 is 12.3. The second-order valence-corrected chi connectivity index (χ2v) is 13.0. The molecule has 2 aliphatic rings. The molecule has 1 aliphatic heterocycles. The average molecular weight is 651 g/mol. The van der Waals surface area contributed by atoms with Crippen LogP contribution in [0.15, 0.2) is 67.1 Å². The van der Waals surface area contributed by atoms with Crippen LogP contribution in [0.25, 0.3) is 0 Å². The zero-order valence-corrected chi connectivity index (χ0v) is 26.4. The third kappa shape index (κ3) is 5.11. The van der Waals surface area contributed by atoms with Crippen molar-refractivity contribution in [3.8, 4) is 0 Å². The smallest absolute Gasteiger partial charge is 0.257 e. The standard InChI is InChI=1S/C31H25B4Cl2FN4O4/c1-27(44,19-13-40-41(2)15-19)18-11-23-25(24(38)12-18)29(17-3-5-20(36)6-4-17,46-31(34,35)28(9-10-28)30(32,33)45)42(26(23)43)16-22-8-7-21(37)14-39-22/h3-8,11-15,44-45H,9-10,16H2,1-2H3/t27?,29-/m1/s1. The number of hydrogen-bond donors (Lipinski definition) is 2.